The summed E-state index contributed by atoms with van der Waals surface area (Å²) in [5.41, 5.74) is 0. The first kappa shape index (κ1) is 16.7. The molecule has 92 valence electrons. The van der Waals surface area contributed by atoms with E-state index in [9.17, 15) is 0 Å². The molecule has 0 bridgehead atoms. The molecule has 0 spiro atoms. The molecule has 0 aromatic carbocycles. The molecular formula is C7H16O8. The molecule has 0 fully saturated rings. The van der Waals surface area contributed by atoms with Crippen LogP contribution >= 0.6 is 0 Å². The van der Waals surface area contributed by atoms with Crippen molar-refractivity contribution in [3.05, 3.63) is 0 Å². The van der Waals surface area contributed by atoms with Crippen molar-refractivity contribution in [3.8, 4) is 0 Å². The van der Waals surface area contributed by atoms with Gasteiger partial charge in [-0.15, -0.1) is 0 Å². The van der Waals surface area contributed by atoms with Gasteiger partial charge in [-0.1, -0.05) is 0 Å². The van der Waals surface area contributed by atoms with Crippen LogP contribution in [0.1, 0.15) is 0 Å². The van der Waals surface area contributed by atoms with Crippen molar-refractivity contribution in [1.82, 2.24) is 0 Å². The number of carbonyl (C=O) groups is 1. The van der Waals surface area contributed by atoms with E-state index < -0.39 is 44.1 Å². The molecule has 8 heteroatoms. The number of aliphatic hydroxyl groups excluding tert-OH is 6. The Balaban J connectivity index is 0. The molecule has 0 amide bonds. The first-order valence-corrected chi connectivity index (χ1v) is 3.99. The molecule has 0 radical (unpaired) electrons. The molecule has 0 saturated carbocycles. The Morgan fingerprint density at radius 3 is 1.33 bits per heavy atom. The Kier molecular flexibility index (Phi) is 10.8. The average molecular weight is 228 g/mol. The highest BCUT2D eigenvalue weighted by atomic mass is 16.4. The van der Waals surface area contributed by atoms with Crippen LogP contribution in [0, 0.1) is 0 Å². The van der Waals surface area contributed by atoms with E-state index in [1.807, 2.05) is 0 Å². The molecular weight excluding hydrogens is 212 g/mol. The molecule has 0 aliphatic carbocycles. The number of hydrogen-bond donors (Lipinski definition) is 7. The molecule has 0 aliphatic rings. The van der Waals surface area contributed by atoms with E-state index in [1.165, 1.54) is 0 Å². The summed E-state index contributed by atoms with van der Waals surface area (Å²) >= 11 is 0. The van der Waals surface area contributed by atoms with Crippen molar-refractivity contribution in [2.24, 2.45) is 0 Å². The highest BCUT2D eigenvalue weighted by Gasteiger charge is 2.22. The van der Waals surface area contributed by atoms with Crippen molar-refractivity contribution in [3.63, 3.8) is 0 Å². The lowest BCUT2D eigenvalue weighted by molar-refractivity contribution is -0.140. The van der Waals surface area contributed by atoms with E-state index in [4.69, 9.17) is 40.5 Å². The van der Waals surface area contributed by atoms with Crippen LogP contribution in [0.4, 0.5) is 0 Å². The van der Waals surface area contributed by atoms with Crippen LogP contribution in [0.3, 0.4) is 0 Å². The predicted molar refractivity (Wildman–Crippen MR) is 46.9 cm³/mol. The van der Waals surface area contributed by atoms with Gasteiger partial charge in [0.2, 0.25) is 0 Å². The molecule has 0 aliphatic heterocycles. The molecule has 0 aromatic rings. The smallest absolute Gasteiger partial charge is 0.329 e. The molecule has 0 rings (SSSR count). The van der Waals surface area contributed by atoms with Gasteiger partial charge < -0.3 is 35.7 Å². The second-order valence-corrected chi connectivity index (χ2v) is 2.54. The third kappa shape index (κ3) is 9.53. The number of carboxylic acid groups (broad SMARTS) is 1. The van der Waals surface area contributed by atoms with Crippen LogP contribution in [0.5, 0.6) is 0 Å². The summed E-state index contributed by atoms with van der Waals surface area (Å²) in [7, 11) is 0. The van der Waals surface area contributed by atoms with Crippen LogP contribution in [0.25, 0.3) is 0 Å². The topological polar surface area (TPSA) is 159 Å². The second-order valence-electron chi connectivity index (χ2n) is 2.54. The highest BCUT2D eigenvalue weighted by Crippen LogP contribution is 1.97. The van der Waals surface area contributed by atoms with Gasteiger partial charge in [0.05, 0.1) is 13.2 Å². The minimum Gasteiger partial charge on any atom is -0.480 e. The summed E-state index contributed by atoms with van der Waals surface area (Å²) in [6.07, 6.45) is -4.29. The lowest BCUT2D eigenvalue weighted by atomic mass is 10.1. The third-order valence-electron chi connectivity index (χ3n) is 1.30. The summed E-state index contributed by atoms with van der Waals surface area (Å²) in [5, 5.41) is 57.6. The number of carboxylic acids is 1. The maximum absolute atomic E-state index is 9.12. The summed E-state index contributed by atoms with van der Waals surface area (Å²) in [6, 6.07) is 0. The first-order chi connectivity index (χ1) is 6.90. The summed E-state index contributed by atoms with van der Waals surface area (Å²) < 4.78 is 0. The predicted octanol–water partition coefficient (Wildman–Crippen LogP) is -3.88. The van der Waals surface area contributed by atoms with E-state index in [1.54, 1.807) is 0 Å². The lowest BCUT2D eigenvalue weighted by Gasteiger charge is -2.19. The van der Waals surface area contributed by atoms with Crippen LogP contribution in [0.15, 0.2) is 0 Å². The Morgan fingerprint density at radius 2 is 1.20 bits per heavy atom. The van der Waals surface area contributed by atoms with Gasteiger partial charge in [-0.2, -0.15) is 0 Å². The van der Waals surface area contributed by atoms with E-state index in [-0.39, 0.29) is 0 Å². The fraction of sp³-hybridized carbons (Fsp3) is 0.857. The zero-order valence-corrected chi connectivity index (χ0v) is 7.89. The van der Waals surface area contributed by atoms with Crippen molar-refractivity contribution >= 4 is 5.97 Å². The maximum Gasteiger partial charge on any atom is 0.329 e. The van der Waals surface area contributed by atoms with Crippen molar-refractivity contribution < 1.29 is 40.5 Å². The first-order valence-electron chi connectivity index (χ1n) is 3.99. The van der Waals surface area contributed by atoms with E-state index in [2.05, 4.69) is 0 Å². The van der Waals surface area contributed by atoms with Gasteiger partial charge >= 0.3 is 5.97 Å². The van der Waals surface area contributed by atoms with Crippen molar-refractivity contribution in [2.75, 3.05) is 19.8 Å². The Morgan fingerprint density at radius 1 is 0.933 bits per heavy atom. The van der Waals surface area contributed by atoms with Crippen LogP contribution in [0.2, 0.25) is 0 Å². The Labute approximate surface area is 85.7 Å². The minimum absolute atomic E-state index is 0.641. The number of hydrogen-bond acceptors (Lipinski definition) is 7. The Hall–Kier alpha value is -0.770. The fourth-order valence-corrected chi connectivity index (χ4v) is 0.472. The lowest BCUT2D eigenvalue weighted by Crippen LogP contribution is -2.41. The molecule has 0 aromatic heterocycles. The third-order valence-corrected chi connectivity index (χ3v) is 1.30. The SMILES string of the molecule is O=C(O)CO.OCC(O)C(O)C(O)CO. The van der Waals surface area contributed by atoms with Gasteiger partial charge in [0.1, 0.15) is 24.9 Å². The average Bonchev–Trinajstić information content (AvgIpc) is 2.26. The van der Waals surface area contributed by atoms with Gasteiger partial charge in [-0.3, -0.25) is 0 Å². The molecule has 7 N–H and O–H groups in total. The van der Waals surface area contributed by atoms with Gasteiger partial charge in [0.15, 0.2) is 0 Å². The summed E-state index contributed by atoms with van der Waals surface area (Å²) in [5.74, 6) is -1.19. The van der Waals surface area contributed by atoms with Crippen molar-refractivity contribution in [1.29, 1.82) is 0 Å². The monoisotopic (exact) mass is 228 g/mol. The van der Waals surface area contributed by atoms with E-state index in [0.29, 0.717) is 0 Å². The normalized spacial score (nSPS) is 15.9. The van der Waals surface area contributed by atoms with Gasteiger partial charge in [-0.05, 0) is 0 Å². The standard InChI is InChI=1S/C5H12O5.C2H4O3/c6-1-3(8)5(10)4(9)2-7;3-1-2(4)5/h3-10H,1-2H2;3H,1H2,(H,4,5). The molecule has 0 heterocycles. The zero-order valence-electron chi connectivity index (χ0n) is 7.89. The van der Waals surface area contributed by atoms with Crippen LogP contribution in [-0.2, 0) is 4.79 Å². The van der Waals surface area contributed by atoms with Gasteiger partial charge in [0.25, 0.3) is 0 Å². The zero-order chi connectivity index (χ0) is 12.4. The number of aliphatic hydroxyl groups is 6. The second kappa shape index (κ2) is 9.77. The summed E-state index contributed by atoms with van der Waals surface area (Å²) in [6.45, 7) is -2.06. The van der Waals surface area contributed by atoms with E-state index in [0.717, 1.165) is 0 Å². The molecule has 0 saturated heterocycles. The molecule has 8 nitrogen and oxygen atoms in total. The molecule has 2 atom stereocenters. The fourth-order valence-electron chi connectivity index (χ4n) is 0.472. The highest BCUT2D eigenvalue weighted by molar-refractivity contribution is 5.67. The summed E-state index contributed by atoms with van der Waals surface area (Å²) in [4.78, 5) is 9.12. The number of aliphatic carboxylic acids is 1. The molecule has 2 unspecified atom stereocenters. The quantitative estimate of drug-likeness (QED) is 0.251. The van der Waals surface area contributed by atoms with Crippen LogP contribution in [-0.4, -0.2) is 79.8 Å². The minimum atomic E-state index is -1.49. The van der Waals surface area contributed by atoms with E-state index >= 15 is 0 Å². The largest absolute Gasteiger partial charge is 0.480 e. The van der Waals surface area contributed by atoms with Gasteiger partial charge in [0, 0.05) is 0 Å². The van der Waals surface area contributed by atoms with Crippen LogP contribution < -0.4 is 0 Å². The maximum atomic E-state index is 9.12. The Bertz CT molecular complexity index is 151. The van der Waals surface area contributed by atoms with Gasteiger partial charge in [-0.25, -0.2) is 4.79 Å². The van der Waals surface area contributed by atoms with Crippen molar-refractivity contribution in [2.45, 2.75) is 18.3 Å². The number of rotatable bonds is 5. The molecule has 15 heavy (non-hydrogen) atoms.